The summed E-state index contributed by atoms with van der Waals surface area (Å²) in [7, 11) is 0. The minimum absolute atomic E-state index is 0.296. The van der Waals surface area contributed by atoms with Crippen LogP contribution in [0.2, 0.25) is 0 Å². The molecule has 80 valence electrons. The van der Waals surface area contributed by atoms with Gasteiger partial charge < -0.3 is 10.1 Å². The maximum absolute atomic E-state index is 13.1. The molecule has 0 unspecified atom stereocenters. The lowest BCUT2D eigenvalue weighted by molar-refractivity contribution is 0.0747. The summed E-state index contributed by atoms with van der Waals surface area (Å²) in [6.45, 7) is 3.37. The van der Waals surface area contributed by atoms with E-state index in [1.807, 2.05) is 0 Å². The van der Waals surface area contributed by atoms with E-state index >= 15 is 0 Å². The SMILES string of the molecule is CC(C)(O)c1cc2cc(F)cc(Br)c2[nH]1. The van der Waals surface area contributed by atoms with Gasteiger partial charge in [0.1, 0.15) is 5.82 Å². The van der Waals surface area contributed by atoms with Gasteiger partial charge in [0.05, 0.1) is 11.1 Å². The molecular formula is C11H11BrFNO. The van der Waals surface area contributed by atoms with Crippen LogP contribution in [-0.2, 0) is 5.60 Å². The maximum Gasteiger partial charge on any atom is 0.125 e. The lowest BCUT2D eigenvalue weighted by Crippen LogP contribution is -2.15. The van der Waals surface area contributed by atoms with Gasteiger partial charge in [0.25, 0.3) is 0 Å². The number of fused-ring (bicyclic) bond motifs is 1. The third-order valence-corrected chi connectivity index (χ3v) is 2.93. The zero-order valence-electron chi connectivity index (χ0n) is 8.44. The fraction of sp³-hybridized carbons (Fsp3) is 0.273. The number of aliphatic hydroxyl groups is 1. The van der Waals surface area contributed by atoms with Crippen LogP contribution in [0.3, 0.4) is 0 Å². The Kier molecular flexibility index (Phi) is 2.35. The average molecular weight is 272 g/mol. The molecule has 0 fully saturated rings. The minimum atomic E-state index is -0.949. The summed E-state index contributed by atoms with van der Waals surface area (Å²) in [5.74, 6) is -0.296. The lowest BCUT2D eigenvalue weighted by Gasteiger charge is -2.14. The molecular weight excluding hydrogens is 261 g/mol. The molecule has 0 saturated heterocycles. The van der Waals surface area contributed by atoms with Crippen LogP contribution in [0, 0.1) is 5.82 Å². The molecule has 0 aliphatic rings. The molecule has 0 atom stereocenters. The number of rotatable bonds is 1. The highest BCUT2D eigenvalue weighted by Gasteiger charge is 2.19. The summed E-state index contributed by atoms with van der Waals surface area (Å²) in [6.07, 6.45) is 0. The van der Waals surface area contributed by atoms with Gasteiger partial charge in [-0.3, -0.25) is 0 Å². The Labute approximate surface area is 95.2 Å². The van der Waals surface area contributed by atoms with Crippen molar-refractivity contribution in [1.82, 2.24) is 4.98 Å². The normalized spacial score (nSPS) is 12.3. The Morgan fingerprint density at radius 1 is 1.33 bits per heavy atom. The van der Waals surface area contributed by atoms with Gasteiger partial charge in [-0.1, -0.05) is 0 Å². The second kappa shape index (κ2) is 3.32. The Hall–Kier alpha value is -0.870. The number of hydrogen-bond donors (Lipinski definition) is 2. The van der Waals surface area contributed by atoms with E-state index in [4.69, 9.17) is 0 Å². The zero-order valence-corrected chi connectivity index (χ0v) is 10.0. The van der Waals surface area contributed by atoms with Crippen molar-refractivity contribution in [2.75, 3.05) is 0 Å². The number of benzene rings is 1. The van der Waals surface area contributed by atoms with E-state index in [9.17, 15) is 9.50 Å². The molecule has 0 aliphatic carbocycles. The molecule has 0 radical (unpaired) electrons. The molecule has 2 aromatic rings. The highest BCUT2D eigenvalue weighted by molar-refractivity contribution is 9.10. The van der Waals surface area contributed by atoms with E-state index in [0.717, 1.165) is 10.9 Å². The number of aromatic amines is 1. The summed E-state index contributed by atoms with van der Waals surface area (Å²) in [4.78, 5) is 3.07. The molecule has 2 rings (SSSR count). The maximum atomic E-state index is 13.1. The first-order valence-electron chi connectivity index (χ1n) is 4.58. The molecule has 0 spiro atoms. The predicted octanol–water partition coefficient (Wildman–Crippen LogP) is 3.30. The Balaban J connectivity index is 2.71. The van der Waals surface area contributed by atoms with Crippen molar-refractivity contribution in [2.45, 2.75) is 19.4 Å². The molecule has 0 saturated carbocycles. The predicted molar refractivity (Wildman–Crippen MR) is 61.2 cm³/mol. The van der Waals surface area contributed by atoms with E-state index in [-0.39, 0.29) is 5.82 Å². The summed E-state index contributed by atoms with van der Waals surface area (Å²) in [5.41, 5.74) is 0.520. The molecule has 0 aliphatic heterocycles. The summed E-state index contributed by atoms with van der Waals surface area (Å²) in [5, 5.41) is 10.6. The van der Waals surface area contributed by atoms with Crippen LogP contribution in [0.5, 0.6) is 0 Å². The van der Waals surface area contributed by atoms with Crippen molar-refractivity contribution in [1.29, 1.82) is 0 Å². The van der Waals surface area contributed by atoms with Crippen LogP contribution in [0.15, 0.2) is 22.7 Å². The van der Waals surface area contributed by atoms with Gasteiger partial charge in [-0.25, -0.2) is 4.39 Å². The first-order valence-corrected chi connectivity index (χ1v) is 5.38. The van der Waals surface area contributed by atoms with Crippen molar-refractivity contribution < 1.29 is 9.50 Å². The molecule has 1 aromatic carbocycles. The number of aromatic nitrogens is 1. The van der Waals surface area contributed by atoms with E-state index in [1.54, 1.807) is 19.9 Å². The molecule has 1 heterocycles. The minimum Gasteiger partial charge on any atom is -0.384 e. The quantitative estimate of drug-likeness (QED) is 0.821. The fourth-order valence-electron chi connectivity index (χ4n) is 1.50. The van der Waals surface area contributed by atoms with Gasteiger partial charge in [-0.15, -0.1) is 0 Å². The van der Waals surface area contributed by atoms with E-state index < -0.39 is 5.60 Å². The van der Waals surface area contributed by atoms with E-state index in [1.165, 1.54) is 12.1 Å². The standard InChI is InChI=1S/C11H11BrFNO/c1-11(2,15)9-4-6-3-7(13)5-8(12)10(6)14-9/h3-5,14-15H,1-2H3. The topological polar surface area (TPSA) is 36.0 Å². The van der Waals surface area contributed by atoms with Crippen molar-refractivity contribution in [3.63, 3.8) is 0 Å². The first kappa shape index (κ1) is 10.6. The molecule has 1 aromatic heterocycles. The van der Waals surface area contributed by atoms with Gasteiger partial charge in [-0.05, 0) is 48.0 Å². The molecule has 15 heavy (non-hydrogen) atoms. The summed E-state index contributed by atoms with van der Waals surface area (Å²) in [6, 6.07) is 4.59. The Morgan fingerprint density at radius 2 is 2.00 bits per heavy atom. The first-order chi connectivity index (χ1) is 6.88. The zero-order chi connectivity index (χ0) is 11.2. The molecule has 4 heteroatoms. The molecule has 0 amide bonds. The van der Waals surface area contributed by atoms with Crippen molar-refractivity contribution in [3.8, 4) is 0 Å². The number of halogens is 2. The number of nitrogens with one attached hydrogen (secondary N) is 1. The van der Waals surface area contributed by atoms with E-state index in [2.05, 4.69) is 20.9 Å². The van der Waals surface area contributed by atoms with Gasteiger partial charge in [0.2, 0.25) is 0 Å². The number of H-pyrrole nitrogens is 1. The smallest absolute Gasteiger partial charge is 0.125 e. The fourth-order valence-corrected chi connectivity index (χ4v) is 2.04. The van der Waals surface area contributed by atoms with Gasteiger partial charge in [-0.2, -0.15) is 0 Å². The van der Waals surface area contributed by atoms with Crippen LogP contribution in [0.1, 0.15) is 19.5 Å². The monoisotopic (exact) mass is 271 g/mol. The van der Waals surface area contributed by atoms with Gasteiger partial charge >= 0.3 is 0 Å². The van der Waals surface area contributed by atoms with Crippen LogP contribution < -0.4 is 0 Å². The highest BCUT2D eigenvalue weighted by Crippen LogP contribution is 2.29. The van der Waals surface area contributed by atoms with Crippen LogP contribution in [-0.4, -0.2) is 10.1 Å². The third kappa shape index (κ3) is 1.92. The van der Waals surface area contributed by atoms with Crippen molar-refractivity contribution >= 4 is 26.8 Å². The summed E-state index contributed by atoms with van der Waals surface area (Å²) < 4.78 is 13.8. The van der Waals surface area contributed by atoms with E-state index in [0.29, 0.717) is 10.2 Å². The largest absolute Gasteiger partial charge is 0.384 e. The molecule has 2 N–H and O–H groups in total. The Morgan fingerprint density at radius 3 is 2.60 bits per heavy atom. The number of hydrogen-bond acceptors (Lipinski definition) is 1. The second-order valence-corrected chi connectivity index (χ2v) is 4.95. The lowest BCUT2D eigenvalue weighted by atomic mass is 10.1. The van der Waals surface area contributed by atoms with Crippen molar-refractivity contribution in [3.05, 3.63) is 34.2 Å². The third-order valence-electron chi connectivity index (χ3n) is 2.30. The van der Waals surface area contributed by atoms with Crippen LogP contribution >= 0.6 is 15.9 Å². The summed E-state index contributed by atoms with van der Waals surface area (Å²) >= 11 is 3.27. The van der Waals surface area contributed by atoms with Gasteiger partial charge in [0, 0.05) is 15.6 Å². The van der Waals surface area contributed by atoms with Crippen LogP contribution in [0.4, 0.5) is 4.39 Å². The average Bonchev–Trinajstić information content (AvgIpc) is 2.46. The van der Waals surface area contributed by atoms with Gasteiger partial charge in [0.15, 0.2) is 0 Å². The molecule has 0 bridgehead atoms. The Bertz CT molecular complexity index is 513. The van der Waals surface area contributed by atoms with Crippen molar-refractivity contribution in [2.24, 2.45) is 0 Å². The van der Waals surface area contributed by atoms with Crippen LogP contribution in [0.25, 0.3) is 10.9 Å². The molecule has 2 nitrogen and oxygen atoms in total. The highest BCUT2D eigenvalue weighted by atomic mass is 79.9. The second-order valence-electron chi connectivity index (χ2n) is 4.09.